The predicted octanol–water partition coefficient (Wildman–Crippen LogP) is 3.54. The van der Waals surface area contributed by atoms with Crippen molar-refractivity contribution in [1.29, 1.82) is 5.26 Å². The third kappa shape index (κ3) is 6.26. The fourth-order valence-electron chi connectivity index (χ4n) is 5.24. The molecule has 0 amide bonds. The molecule has 0 spiro atoms. The lowest BCUT2D eigenvalue weighted by Crippen LogP contribution is -2.38. The Morgan fingerprint density at radius 3 is 2.57 bits per heavy atom. The van der Waals surface area contributed by atoms with E-state index in [1.807, 2.05) is 41.8 Å². The van der Waals surface area contributed by atoms with Crippen molar-refractivity contribution in [3.05, 3.63) is 90.3 Å². The van der Waals surface area contributed by atoms with Crippen molar-refractivity contribution in [2.24, 2.45) is 5.84 Å². The number of hydrazine groups is 1. The summed E-state index contributed by atoms with van der Waals surface area (Å²) in [4.78, 5) is 24.7. The minimum absolute atomic E-state index is 0.177. The monoisotopic (exact) mass is 587 g/mol. The van der Waals surface area contributed by atoms with Crippen LogP contribution < -0.4 is 27.6 Å². The summed E-state index contributed by atoms with van der Waals surface area (Å²) in [7, 11) is 0. The van der Waals surface area contributed by atoms with Crippen LogP contribution in [0.1, 0.15) is 31.2 Å². The second-order valence-corrected chi connectivity index (χ2v) is 10.6. The maximum absolute atomic E-state index is 9.06. The van der Waals surface area contributed by atoms with E-state index >= 15 is 0 Å². The number of hydrogen-bond acceptors (Lipinski definition) is 12. The number of rotatable bonds is 9. The summed E-state index contributed by atoms with van der Waals surface area (Å²) in [5, 5.41) is 15.7. The number of allylic oxidation sites excluding steroid dienone is 1. The standard InChI is InChI=1S/C31H33N13/c1-20(42-34)18-37-26-9-8-25-31(41-26)44(30(39-25)24-3-2-13-36-29(24)33)23-6-4-21(5-7-23)19-43-15-11-22(12-16-43)38-27-10-14-35-28(17-32)40-27/h2-10,13-14,18,22,42H,11-12,15-16,19,34H2,1H3,(H2,33,36)(H,37,41)(H,35,38,40)/b20-18-. The van der Waals surface area contributed by atoms with Gasteiger partial charge < -0.3 is 21.8 Å². The molecule has 4 aromatic heterocycles. The van der Waals surface area contributed by atoms with E-state index in [0.29, 0.717) is 35.0 Å². The number of anilines is 3. The highest BCUT2D eigenvalue weighted by molar-refractivity contribution is 5.83. The molecule has 7 N–H and O–H groups in total. The Kier molecular flexibility index (Phi) is 8.26. The summed E-state index contributed by atoms with van der Waals surface area (Å²) < 4.78 is 2.01. The lowest BCUT2D eigenvalue weighted by molar-refractivity contribution is 0.211. The van der Waals surface area contributed by atoms with Gasteiger partial charge in [-0.05, 0) is 67.8 Å². The first-order valence-corrected chi connectivity index (χ1v) is 14.3. The summed E-state index contributed by atoms with van der Waals surface area (Å²) in [6.07, 6.45) is 7.00. The normalized spacial score (nSPS) is 14.3. The largest absolute Gasteiger partial charge is 0.383 e. The quantitative estimate of drug-likeness (QED) is 0.125. The molecule has 0 aliphatic carbocycles. The average molecular weight is 588 g/mol. The van der Waals surface area contributed by atoms with Crippen LogP contribution in [0.15, 0.2) is 78.9 Å². The summed E-state index contributed by atoms with van der Waals surface area (Å²) in [5.74, 6) is 8.08. The van der Waals surface area contributed by atoms with Gasteiger partial charge in [0.25, 0.3) is 0 Å². The van der Waals surface area contributed by atoms with E-state index in [9.17, 15) is 0 Å². The van der Waals surface area contributed by atoms with Gasteiger partial charge in [0.15, 0.2) is 11.5 Å². The lowest BCUT2D eigenvalue weighted by Gasteiger charge is -2.32. The highest BCUT2D eigenvalue weighted by Gasteiger charge is 2.21. The van der Waals surface area contributed by atoms with Gasteiger partial charge in [-0.25, -0.2) is 24.9 Å². The lowest BCUT2D eigenvalue weighted by atomic mass is 10.0. The number of benzene rings is 1. The van der Waals surface area contributed by atoms with Crippen molar-refractivity contribution in [2.75, 3.05) is 29.5 Å². The van der Waals surface area contributed by atoms with Gasteiger partial charge in [-0.3, -0.25) is 15.3 Å². The van der Waals surface area contributed by atoms with Crippen LogP contribution >= 0.6 is 0 Å². The Morgan fingerprint density at radius 2 is 1.82 bits per heavy atom. The topological polar surface area (TPSA) is 185 Å². The molecular weight excluding hydrogens is 554 g/mol. The third-order valence-corrected chi connectivity index (χ3v) is 7.54. The third-order valence-electron chi connectivity index (χ3n) is 7.54. The zero-order chi connectivity index (χ0) is 30.5. The molecule has 0 saturated carbocycles. The first-order chi connectivity index (χ1) is 21.5. The van der Waals surface area contributed by atoms with Crippen molar-refractivity contribution < 1.29 is 0 Å². The van der Waals surface area contributed by atoms with E-state index in [1.165, 1.54) is 5.56 Å². The number of piperidine rings is 1. The molecule has 13 nitrogen and oxygen atoms in total. The fraction of sp³-hybridized carbons (Fsp3) is 0.226. The van der Waals surface area contributed by atoms with Gasteiger partial charge in [0.1, 0.15) is 29.0 Å². The summed E-state index contributed by atoms with van der Waals surface area (Å²) >= 11 is 0. The van der Waals surface area contributed by atoms with Gasteiger partial charge >= 0.3 is 0 Å². The van der Waals surface area contributed by atoms with Crippen LogP contribution in [0.2, 0.25) is 0 Å². The molecule has 0 unspecified atom stereocenters. The minimum atomic E-state index is 0.177. The second-order valence-electron chi connectivity index (χ2n) is 10.6. The van der Waals surface area contributed by atoms with E-state index in [2.05, 4.69) is 60.2 Å². The number of nitrogens with two attached hydrogens (primary N) is 2. The maximum atomic E-state index is 9.06. The van der Waals surface area contributed by atoms with Gasteiger partial charge in [0, 0.05) is 55.7 Å². The van der Waals surface area contributed by atoms with E-state index in [1.54, 1.807) is 24.7 Å². The van der Waals surface area contributed by atoms with Gasteiger partial charge in [-0.2, -0.15) is 5.26 Å². The van der Waals surface area contributed by atoms with Gasteiger partial charge in [0.2, 0.25) is 5.82 Å². The first kappa shape index (κ1) is 28.5. The van der Waals surface area contributed by atoms with Crippen molar-refractivity contribution in [3.63, 3.8) is 0 Å². The molecule has 1 saturated heterocycles. The Labute approximate surface area is 254 Å². The molecular formula is C31H33N13. The van der Waals surface area contributed by atoms with Crippen LogP contribution in [0.3, 0.4) is 0 Å². The molecule has 44 heavy (non-hydrogen) atoms. The molecule has 1 aliphatic heterocycles. The summed E-state index contributed by atoms with van der Waals surface area (Å²) in [6, 6.07) is 20.1. The Balaban J connectivity index is 1.21. The zero-order valence-electron chi connectivity index (χ0n) is 24.3. The van der Waals surface area contributed by atoms with Crippen LogP contribution in [0.4, 0.5) is 17.5 Å². The Morgan fingerprint density at radius 1 is 1.00 bits per heavy atom. The fourth-order valence-corrected chi connectivity index (χ4v) is 5.24. The number of fused-ring (bicyclic) bond motifs is 1. The molecule has 1 aromatic carbocycles. The van der Waals surface area contributed by atoms with Crippen LogP contribution in [0, 0.1) is 11.3 Å². The number of likely N-dealkylation sites (tertiary alicyclic amines) is 1. The number of pyridine rings is 2. The summed E-state index contributed by atoms with van der Waals surface area (Å²) in [5.41, 5.74) is 13.9. The number of nitrogen functional groups attached to an aromatic ring is 1. The highest BCUT2D eigenvalue weighted by Crippen LogP contribution is 2.31. The SMILES string of the molecule is C/C(=C/Nc1ccc2nc(-c3cccnc3N)n(-c3ccc(CN4CCC(Nc5ccnc(C#N)n5)CC4)cc3)c2n1)NN. The zero-order valence-corrected chi connectivity index (χ0v) is 24.3. The van der Waals surface area contributed by atoms with E-state index in [4.69, 9.17) is 26.8 Å². The molecule has 222 valence electrons. The molecule has 0 radical (unpaired) electrons. The number of imidazole rings is 1. The molecule has 6 rings (SSSR count). The van der Waals surface area contributed by atoms with E-state index < -0.39 is 0 Å². The average Bonchev–Trinajstić information content (AvgIpc) is 3.43. The van der Waals surface area contributed by atoms with Crippen LogP contribution in [-0.2, 0) is 6.54 Å². The number of nitriles is 1. The van der Waals surface area contributed by atoms with Crippen molar-refractivity contribution in [3.8, 4) is 23.1 Å². The summed E-state index contributed by atoms with van der Waals surface area (Å²) in [6.45, 7) is 4.62. The van der Waals surface area contributed by atoms with Crippen molar-refractivity contribution >= 4 is 28.6 Å². The molecule has 0 bridgehead atoms. The van der Waals surface area contributed by atoms with Gasteiger partial charge in [0.05, 0.1) is 5.56 Å². The predicted molar refractivity (Wildman–Crippen MR) is 170 cm³/mol. The number of nitrogens with zero attached hydrogens (tertiary/aromatic N) is 8. The first-order valence-electron chi connectivity index (χ1n) is 14.3. The van der Waals surface area contributed by atoms with Crippen molar-refractivity contribution in [2.45, 2.75) is 32.4 Å². The Hall–Kier alpha value is -5.58. The van der Waals surface area contributed by atoms with Gasteiger partial charge in [-0.15, -0.1) is 0 Å². The molecule has 5 aromatic rings. The van der Waals surface area contributed by atoms with Crippen molar-refractivity contribution in [1.82, 2.24) is 39.8 Å². The molecule has 13 heteroatoms. The van der Waals surface area contributed by atoms with Crippen LogP contribution in [-0.4, -0.2) is 53.5 Å². The second kappa shape index (κ2) is 12.7. The number of aromatic nitrogens is 6. The van der Waals surface area contributed by atoms with Gasteiger partial charge in [-0.1, -0.05) is 12.1 Å². The number of nitrogens with one attached hydrogen (secondary N) is 3. The molecule has 0 atom stereocenters. The molecule has 1 aliphatic rings. The Bertz CT molecular complexity index is 1830. The van der Waals surface area contributed by atoms with Crippen LogP contribution in [0.5, 0.6) is 0 Å². The number of hydrogen-bond donors (Lipinski definition) is 5. The van der Waals surface area contributed by atoms with Crippen LogP contribution in [0.25, 0.3) is 28.2 Å². The van der Waals surface area contributed by atoms with E-state index in [0.717, 1.165) is 54.9 Å². The van der Waals surface area contributed by atoms with E-state index in [-0.39, 0.29) is 5.82 Å². The highest BCUT2D eigenvalue weighted by atomic mass is 15.2. The minimum Gasteiger partial charge on any atom is -0.383 e. The smallest absolute Gasteiger partial charge is 0.234 e. The maximum Gasteiger partial charge on any atom is 0.234 e. The molecule has 5 heterocycles. The molecule has 1 fully saturated rings.